The van der Waals surface area contributed by atoms with Crippen LogP contribution in [0, 0.1) is 11.3 Å². The van der Waals surface area contributed by atoms with Crippen LogP contribution in [0.4, 0.5) is 17.1 Å². The van der Waals surface area contributed by atoms with Gasteiger partial charge in [0.15, 0.2) is 0 Å². The second kappa shape index (κ2) is 4.14. The predicted molar refractivity (Wildman–Crippen MR) is 80.7 cm³/mol. The Morgan fingerprint density at radius 3 is 2.80 bits per heavy atom. The quantitative estimate of drug-likeness (QED) is 0.738. The summed E-state index contributed by atoms with van der Waals surface area (Å²) in [7, 11) is 0. The molecule has 0 unspecified atom stereocenters. The predicted octanol–water partition coefficient (Wildman–Crippen LogP) is 2.76. The third-order valence-corrected chi connectivity index (χ3v) is 5.14. The molecule has 0 atom stereocenters. The van der Waals surface area contributed by atoms with Crippen molar-refractivity contribution in [1.82, 2.24) is 0 Å². The molecule has 0 saturated heterocycles. The molecule has 0 aromatic heterocycles. The summed E-state index contributed by atoms with van der Waals surface area (Å²) in [4.78, 5) is 11.4. The zero-order valence-electron chi connectivity index (χ0n) is 11.7. The lowest BCUT2D eigenvalue weighted by atomic mass is 9.99. The fourth-order valence-electron chi connectivity index (χ4n) is 3.46. The number of nitrogens with two attached hydrogens (primary N) is 1. The number of carbonyl (C=O) groups excluding carboxylic acids is 1. The third-order valence-electron chi connectivity index (χ3n) is 5.14. The minimum Gasteiger partial charge on any atom is -0.397 e. The zero-order chi connectivity index (χ0) is 13.7. The van der Waals surface area contributed by atoms with E-state index in [1.165, 1.54) is 31.2 Å². The van der Waals surface area contributed by atoms with Gasteiger partial charge in [-0.25, -0.2) is 0 Å². The van der Waals surface area contributed by atoms with Gasteiger partial charge in [-0.1, -0.05) is 0 Å². The summed E-state index contributed by atoms with van der Waals surface area (Å²) >= 11 is 0. The Hall–Kier alpha value is -1.71. The van der Waals surface area contributed by atoms with Gasteiger partial charge >= 0.3 is 0 Å². The number of rotatable bonds is 4. The molecule has 2 fully saturated rings. The van der Waals surface area contributed by atoms with Crippen LogP contribution in [0.3, 0.4) is 0 Å². The lowest BCUT2D eigenvalue weighted by Crippen LogP contribution is -2.21. The summed E-state index contributed by atoms with van der Waals surface area (Å²) < 4.78 is 0. The van der Waals surface area contributed by atoms with Gasteiger partial charge in [-0.2, -0.15) is 0 Å². The first-order valence-electron chi connectivity index (χ1n) is 7.62. The summed E-state index contributed by atoms with van der Waals surface area (Å²) in [6.07, 6.45) is 6.93. The molecule has 1 heterocycles. The van der Waals surface area contributed by atoms with Crippen LogP contribution >= 0.6 is 0 Å². The minimum absolute atomic E-state index is 0.0864. The SMILES string of the molecule is Nc1cc2c(cc1NCC1(C3CC3)CC1)CCC(=O)N2. The molecule has 106 valence electrons. The lowest BCUT2D eigenvalue weighted by molar-refractivity contribution is -0.116. The summed E-state index contributed by atoms with van der Waals surface area (Å²) in [5.74, 6) is 1.04. The van der Waals surface area contributed by atoms with Crippen LogP contribution < -0.4 is 16.4 Å². The Bertz CT molecular complexity index is 573. The minimum atomic E-state index is 0.0864. The topological polar surface area (TPSA) is 67.1 Å². The molecule has 2 aliphatic carbocycles. The Morgan fingerprint density at radius 1 is 1.30 bits per heavy atom. The first-order valence-corrected chi connectivity index (χ1v) is 7.62. The normalized spacial score (nSPS) is 22.9. The number of hydrogen-bond donors (Lipinski definition) is 3. The van der Waals surface area contributed by atoms with Crippen LogP contribution in [0.5, 0.6) is 0 Å². The largest absolute Gasteiger partial charge is 0.397 e. The van der Waals surface area contributed by atoms with E-state index in [4.69, 9.17) is 5.73 Å². The number of aryl methyl sites for hydroxylation is 1. The first kappa shape index (κ1) is 12.1. The molecule has 3 aliphatic rings. The van der Waals surface area contributed by atoms with Crippen LogP contribution in [0.1, 0.15) is 37.7 Å². The number of benzene rings is 1. The molecule has 4 heteroatoms. The van der Waals surface area contributed by atoms with Crippen LogP contribution in [0.25, 0.3) is 0 Å². The molecule has 20 heavy (non-hydrogen) atoms. The maximum absolute atomic E-state index is 11.4. The van der Waals surface area contributed by atoms with Gasteiger partial charge in [-0.3, -0.25) is 4.79 Å². The van der Waals surface area contributed by atoms with Gasteiger partial charge < -0.3 is 16.4 Å². The fraction of sp³-hybridized carbons (Fsp3) is 0.562. The molecule has 4 nitrogen and oxygen atoms in total. The van der Waals surface area contributed by atoms with Crippen LogP contribution in [-0.4, -0.2) is 12.5 Å². The summed E-state index contributed by atoms with van der Waals surface area (Å²) in [5.41, 5.74) is 10.5. The van der Waals surface area contributed by atoms with Gasteiger partial charge in [0.1, 0.15) is 0 Å². The van der Waals surface area contributed by atoms with Crippen molar-refractivity contribution < 1.29 is 4.79 Å². The van der Waals surface area contributed by atoms with E-state index < -0.39 is 0 Å². The summed E-state index contributed by atoms with van der Waals surface area (Å²) in [6.45, 7) is 1.05. The lowest BCUT2D eigenvalue weighted by Gasteiger charge is -2.21. The number of anilines is 3. The maximum atomic E-state index is 11.4. The van der Waals surface area contributed by atoms with Gasteiger partial charge in [0, 0.05) is 18.7 Å². The number of nitrogens with one attached hydrogen (secondary N) is 2. The van der Waals surface area contributed by atoms with Crippen molar-refractivity contribution in [2.45, 2.75) is 38.5 Å². The highest BCUT2D eigenvalue weighted by Crippen LogP contribution is 2.61. The molecular formula is C16H21N3O. The average Bonchev–Trinajstić information content (AvgIpc) is 3.28. The van der Waals surface area contributed by atoms with Crippen LogP contribution in [-0.2, 0) is 11.2 Å². The summed E-state index contributed by atoms with van der Waals surface area (Å²) in [5, 5.41) is 6.45. The third kappa shape index (κ3) is 2.03. The number of amides is 1. The van der Waals surface area contributed by atoms with Gasteiger partial charge in [-0.05, 0) is 61.1 Å². The fourth-order valence-corrected chi connectivity index (χ4v) is 3.46. The molecule has 1 aliphatic heterocycles. The van der Waals surface area contributed by atoms with Crippen molar-refractivity contribution in [3.05, 3.63) is 17.7 Å². The highest BCUT2D eigenvalue weighted by Gasteiger charge is 2.53. The molecule has 0 bridgehead atoms. The van der Waals surface area contributed by atoms with Gasteiger partial charge in [0.25, 0.3) is 0 Å². The molecule has 0 radical (unpaired) electrons. The highest BCUT2D eigenvalue weighted by molar-refractivity contribution is 5.95. The van der Waals surface area contributed by atoms with Gasteiger partial charge in [-0.15, -0.1) is 0 Å². The second-order valence-corrected chi connectivity index (χ2v) is 6.63. The van der Waals surface area contributed by atoms with E-state index in [9.17, 15) is 4.79 Å². The van der Waals surface area contributed by atoms with E-state index >= 15 is 0 Å². The Labute approximate surface area is 119 Å². The first-order chi connectivity index (χ1) is 9.66. The van der Waals surface area contributed by atoms with Crippen molar-refractivity contribution >= 4 is 23.0 Å². The van der Waals surface area contributed by atoms with Crippen molar-refractivity contribution in [3.63, 3.8) is 0 Å². The highest BCUT2D eigenvalue weighted by atomic mass is 16.1. The Balaban J connectivity index is 1.51. The van der Waals surface area contributed by atoms with Crippen molar-refractivity contribution in [3.8, 4) is 0 Å². The molecule has 4 N–H and O–H groups in total. The summed E-state index contributed by atoms with van der Waals surface area (Å²) in [6, 6.07) is 4.01. The van der Waals surface area contributed by atoms with Crippen LogP contribution in [0.15, 0.2) is 12.1 Å². The van der Waals surface area contributed by atoms with Crippen LogP contribution in [0.2, 0.25) is 0 Å². The van der Waals surface area contributed by atoms with E-state index in [2.05, 4.69) is 16.7 Å². The smallest absolute Gasteiger partial charge is 0.224 e. The molecule has 1 aromatic rings. The van der Waals surface area contributed by atoms with E-state index in [1.54, 1.807) is 0 Å². The van der Waals surface area contributed by atoms with Gasteiger partial charge in [0.2, 0.25) is 5.91 Å². The van der Waals surface area contributed by atoms with E-state index in [0.29, 0.717) is 11.8 Å². The van der Waals surface area contributed by atoms with Gasteiger partial charge in [0.05, 0.1) is 11.4 Å². The molecule has 1 amide bonds. The standard InChI is InChI=1S/C16H21N3O/c17-12-8-13-10(1-4-15(20)19-13)7-14(12)18-9-16(5-6-16)11-2-3-11/h7-8,11,18H,1-6,9,17H2,(H,19,20). The molecule has 4 rings (SSSR count). The van der Waals surface area contributed by atoms with E-state index in [-0.39, 0.29) is 5.91 Å². The average molecular weight is 271 g/mol. The number of fused-ring (bicyclic) bond motifs is 1. The Morgan fingerprint density at radius 2 is 2.10 bits per heavy atom. The molecule has 0 spiro atoms. The van der Waals surface area contributed by atoms with E-state index in [1.807, 2.05) is 6.07 Å². The monoisotopic (exact) mass is 271 g/mol. The molecular weight excluding hydrogens is 250 g/mol. The zero-order valence-corrected chi connectivity index (χ0v) is 11.7. The molecule has 2 saturated carbocycles. The van der Waals surface area contributed by atoms with Crippen molar-refractivity contribution in [1.29, 1.82) is 0 Å². The maximum Gasteiger partial charge on any atom is 0.224 e. The van der Waals surface area contributed by atoms with E-state index in [0.717, 1.165) is 35.9 Å². The number of hydrogen-bond acceptors (Lipinski definition) is 3. The second-order valence-electron chi connectivity index (χ2n) is 6.63. The number of nitrogen functional groups attached to an aromatic ring is 1. The van der Waals surface area contributed by atoms with Crippen molar-refractivity contribution in [2.24, 2.45) is 11.3 Å². The Kier molecular flexibility index (Phi) is 2.50. The molecule has 1 aromatic carbocycles. The number of carbonyl (C=O) groups is 1. The van der Waals surface area contributed by atoms with Crippen molar-refractivity contribution in [2.75, 3.05) is 22.9 Å².